The lowest BCUT2D eigenvalue weighted by atomic mass is 10.0. The van der Waals surface area contributed by atoms with Crippen LogP contribution in [0.4, 0.5) is 0 Å². The molecule has 0 radical (unpaired) electrons. The van der Waals surface area contributed by atoms with Crippen molar-refractivity contribution in [3.8, 4) is 0 Å². The molecule has 1 aliphatic carbocycles. The Bertz CT molecular complexity index is 392. The highest BCUT2D eigenvalue weighted by Gasteiger charge is 2.39. The average Bonchev–Trinajstić information content (AvgIpc) is 2.90. The summed E-state index contributed by atoms with van der Waals surface area (Å²) < 4.78 is 5.57. The van der Waals surface area contributed by atoms with Crippen LogP contribution < -0.4 is 5.32 Å². The third kappa shape index (κ3) is 2.20. The summed E-state index contributed by atoms with van der Waals surface area (Å²) in [5.74, 6) is 1.25. The number of carbonyl (C=O) groups excluding carboxylic acids is 1. The van der Waals surface area contributed by atoms with Crippen LogP contribution in [0.2, 0.25) is 0 Å². The fourth-order valence-corrected chi connectivity index (χ4v) is 3.00. The van der Waals surface area contributed by atoms with Crippen molar-refractivity contribution in [1.82, 2.24) is 5.32 Å². The second kappa shape index (κ2) is 4.49. The standard InChI is InChI=1S/C14H17NO2/c16-14(10-4-2-1-3-5-10)17-13-6-11-8-15-9-12(11)7-13/h1-5,11-13,15H,6-9H2/t11-,12+,13+. The smallest absolute Gasteiger partial charge is 0.338 e. The van der Waals surface area contributed by atoms with E-state index in [1.54, 1.807) is 12.1 Å². The maximum Gasteiger partial charge on any atom is 0.338 e. The van der Waals surface area contributed by atoms with E-state index in [2.05, 4.69) is 5.32 Å². The van der Waals surface area contributed by atoms with Crippen LogP contribution in [0.15, 0.2) is 30.3 Å². The molecule has 1 aliphatic heterocycles. The molecule has 1 aromatic rings. The summed E-state index contributed by atoms with van der Waals surface area (Å²) >= 11 is 0. The van der Waals surface area contributed by atoms with E-state index < -0.39 is 0 Å². The fourth-order valence-electron chi connectivity index (χ4n) is 3.00. The van der Waals surface area contributed by atoms with Gasteiger partial charge in [0.15, 0.2) is 0 Å². The van der Waals surface area contributed by atoms with Crippen molar-refractivity contribution in [2.75, 3.05) is 13.1 Å². The number of hydrogen-bond donors (Lipinski definition) is 1. The molecule has 1 saturated carbocycles. The molecule has 90 valence electrons. The summed E-state index contributed by atoms with van der Waals surface area (Å²) in [6.45, 7) is 2.17. The molecule has 3 nitrogen and oxygen atoms in total. The van der Waals surface area contributed by atoms with Crippen LogP contribution in [0, 0.1) is 11.8 Å². The Balaban J connectivity index is 1.60. The van der Waals surface area contributed by atoms with Gasteiger partial charge < -0.3 is 10.1 Å². The van der Waals surface area contributed by atoms with Crippen molar-refractivity contribution in [3.63, 3.8) is 0 Å². The van der Waals surface area contributed by atoms with Gasteiger partial charge in [0.2, 0.25) is 0 Å². The Labute approximate surface area is 101 Å². The lowest BCUT2D eigenvalue weighted by Crippen LogP contribution is -2.19. The second-order valence-electron chi connectivity index (χ2n) is 5.04. The molecule has 0 spiro atoms. The highest BCUT2D eigenvalue weighted by molar-refractivity contribution is 5.89. The fraction of sp³-hybridized carbons (Fsp3) is 0.500. The van der Waals surface area contributed by atoms with Crippen molar-refractivity contribution in [2.45, 2.75) is 18.9 Å². The summed E-state index contributed by atoms with van der Waals surface area (Å²) in [6, 6.07) is 9.25. The number of fused-ring (bicyclic) bond motifs is 1. The van der Waals surface area contributed by atoms with Gasteiger partial charge in [0.05, 0.1) is 5.56 Å². The van der Waals surface area contributed by atoms with E-state index in [0.29, 0.717) is 17.4 Å². The summed E-state index contributed by atoms with van der Waals surface area (Å²) in [5.41, 5.74) is 0.655. The number of benzene rings is 1. The minimum absolute atomic E-state index is 0.125. The summed E-state index contributed by atoms with van der Waals surface area (Å²) in [6.07, 6.45) is 2.17. The highest BCUT2D eigenvalue weighted by Crippen LogP contribution is 2.36. The van der Waals surface area contributed by atoms with Gasteiger partial charge in [-0.3, -0.25) is 0 Å². The molecule has 17 heavy (non-hydrogen) atoms. The molecule has 3 rings (SSSR count). The predicted octanol–water partition coefficient (Wildman–Crippen LogP) is 1.84. The van der Waals surface area contributed by atoms with Crippen molar-refractivity contribution < 1.29 is 9.53 Å². The Morgan fingerprint density at radius 1 is 1.12 bits per heavy atom. The van der Waals surface area contributed by atoms with Gasteiger partial charge in [0.25, 0.3) is 0 Å². The Morgan fingerprint density at radius 2 is 1.76 bits per heavy atom. The molecule has 0 amide bonds. The van der Waals surface area contributed by atoms with Gasteiger partial charge in [-0.1, -0.05) is 18.2 Å². The Kier molecular flexibility index (Phi) is 2.85. The van der Waals surface area contributed by atoms with Crippen molar-refractivity contribution in [3.05, 3.63) is 35.9 Å². The van der Waals surface area contributed by atoms with Crippen LogP contribution in [0.5, 0.6) is 0 Å². The number of nitrogens with one attached hydrogen (secondary N) is 1. The van der Waals surface area contributed by atoms with Gasteiger partial charge in [-0.15, -0.1) is 0 Å². The molecule has 2 fully saturated rings. The lowest BCUT2D eigenvalue weighted by Gasteiger charge is -2.13. The minimum atomic E-state index is -0.177. The third-order valence-corrected chi connectivity index (χ3v) is 3.89. The number of rotatable bonds is 2. The van der Waals surface area contributed by atoms with E-state index in [4.69, 9.17) is 4.74 Å². The SMILES string of the molecule is O=C(O[C@@H]1C[C@H]2CNC[C@H]2C1)c1ccccc1. The zero-order chi connectivity index (χ0) is 11.7. The van der Waals surface area contributed by atoms with E-state index in [9.17, 15) is 4.79 Å². The quantitative estimate of drug-likeness (QED) is 0.789. The van der Waals surface area contributed by atoms with E-state index >= 15 is 0 Å². The first-order valence-corrected chi connectivity index (χ1v) is 6.29. The number of carbonyl (C=O) groups is 1. The van der Waals surface area contributed by atoms with Gasteiger partial charge in [0, 0.05) is 0 Å². The van der Waals surface area contributed by atoms with Gasteiger partial charge in [-0.25, -0.2) is 4.79 Å². The van der Waals surface area contributed by atoms with Gasteiger partial charge in [-0.05, 0) is 49.9 Å². The monoisotopic (exact) mass is 231 g/mol. The molecule has 2 aliphatic rings. The van der Waals surface area contributed by atoms with E-state index in [1.807, 2.05) is 18.2 Å². The maximum absolute atomic E-state index is 11.9. The molecule has 0 aromatic heterocycles. The molecule has 3 atom stereocenters. The van der Waals surface area contributed by atoms with Crippen LogP contribution in [0.3, 0.4) is 0 Å². The predicted molar refractivity (Wildman–Crippen MR) is 64.7 cm³/mol. The number of hydrogen-bond acceptors (Lipinski definition) is 3. The molecule has 3 heteroatoms. The first-order valence-electron chi connectivity index (χ1n) is 6.29. The molecule has 1 N–H and O–H groups in total. The lowest BCUT2D eigenvalue weighted by molar-refractivity contribution is 0.0301. The summed E-state index contributed by atoms with van der Waals surface area (Å²) in [7, 11) is 0. The zero-order valence-electron chi connectivity index (χ0n) is 9.76. The molecular weight excluding hydrogens is 214 g/mol. The first-order chi connectivity index (χ1) is 8.33. The highest BCUT2D eigenvalue weighted by atomic mass is 16.5. The minimum Gasteiger partial charge on any atom is -0.459 e. The van der Waals surface area contributed by atoms with Crippen LogP contribution in [0.1, 0.15) is 23.2 Å². The molecule has 1 aromatic carbocycles. The molecule has 0 unspecified atom stereocenters. The summed E-state index contributed by atoms with van der Waals surface area (Å²) in [4.78, 5) is 11.9. The van der Waals surface area contributed by atoms with Gasteiger partial charge in [0.1, 0.15) is 6.10 Å². The number of esters is 1. The molecule has 0 bridgehead atoms. The van der Waals surface area contributed by atoms with Crippen molar-refractivity contribution in [2.24, 2.45) is 11.8 Å². The normalized spacial score (nSPS) is 31.2. The molecule has 1 saturated heterocycles. The third-order valence-electron chi connectivity index (χ3n) is 3.89. The van der Waals surface area contributed by atoms with E-state index in [-0.39, 0.29) is 12.1 Å². The van der Waals surface area contributed by atoms with Crippen LogP contribution in [-0.4, -0.2) is 25.2 Å². The van der Waals surface area contributed by atoms with Gasteiger partial charge in [-0.2, -0.15) is 0 Å². The Hall–Kier alpha value is -1.35. The van der Waals surface area contributed by atoms with Crippen LogP contribution in [-0.2, 0) is 4.74 Å². The van der Waals surface area contributed by atoms with E-state index in [1.165, 1.54) is 0 Å². The zero-order valence-corrected chi connectivity index (χ0v) is 9.76. The average molecular weight is 231 g/mol. The number of ether oxygens (including phenoxy) is 1. The van der Waals surface area contributed by atoms with Crippen molar-refractivity contribution >= 4 is 5.97 Å². The van der Waals surface area contributed by atoms with Crippen LogP contribution >= 0.6 is 0 Å². The first kappa shape index (κ1) is 10.8. The summed E-state index contributed by atoms with van der Waals surface area (Å²) in [5, 5.41) is 3.39. The van der Waals surface area contributed by atoms with Gasteiger partial charge >= 0.3 is 5.97 Å². The van der Waals surface area contributed by atoms with Crippen LogP contribution in [0.25, 0.3) is 0 Å². The topological polar surface area (TPSA) is 38.3 Å². The van der Waals surface area contributed by atoms with E-state index in [0.717, 1.165) is 25.9 Å². The largest absolute Gasteiger partial charge is 0.459 e. The molecular formula is C14H17NO2. The van der Waals surface area contributed by atoms with Crippen molar-refractivity contribution in [1.29, 1.82) is 0 Å². The second-order valence-corrected chi connectivity index (χ2v) is 5.04. The maximum atomic E-state index is 11.9. The Morgan fingerprint density at radius 3 is 2.41 bits per heavy atom. The molecule has 1 heterocycles.